The van der Waals surface area contributed by atoms with Crippen LogP contribution in [0.25, 0.3) is 0 Å². The van der Waals surface area contributed by atoms with Crippen LogP contribution in [0.3, 0.4) is 0 Å². The number of amides is 1. The molecule has 0 aromatic carbocycles. The van der Waals surface area contributed by atoms with Crippen LogP contribution in [-0.4, -0.2) is 66.3 Å². The van der Waals surface area contributed by atoms with E-state index < -0.39 is 29.9 Å². The van der Waals surface area contributed by atoms with Crippen LogP contribution < -0.4 is 5.73 Å². The number of nitrogens with zero attached hydrogens (tertiary/aromatic N) is 1. The first-order valence-electron chi connectivity index (χ1n) is 5.90. The number of esters is 1. The van der Waals surface area contributed by atoms with Gasteiger partial charge in [0, 0.05) is 20.1 Å². The Morgan fingerprint density at radius 1 is 1.47 bits per heavy atom. The van der Waals surface area contributed by atoms with Crippen LogP contribution in [0.2, 0.25) is 0 Å². The number of likely N-dealkylation sites (tertiary alicyclic amines) is 1. The quantitative estimate of drug-likeness (QED) is 0.466. The molecule has 0 saturated carbocycles. The number of carbonyl (C=O) groups excluding carboxylic acids is 2. The lowest BCUT2D eigenvalue weighted by atomic mass is 10.2. The van der Waals surface area contributed by atoms with Crippen molar-refractivity contribution in [2.24, 2.45) is 5.73 Å². The fraction of sp³-hybridized carbons (Fsp3) is 0.727. The number of carboxylic acids is 1. The summed E-state index contributed by atoms with van der Waals surface area (Å²) in [5, 5.41) is 9.06. The molecule has 1 amide bonds. The van der Waals surface area contributed by atoms with Gasteiger partial charge in [0.1, 0.15) is 6.04 Å². The predicted molar refractivity (Wildman–Crippen MR) is 63.2 cm³/mol. The van der Waals surface area contributed by atoms with Crippen molar-refractivity contribution >= 4 is 17.8 Å². The molecule has 1 fully saturated rings. The summed E-state index contributed by atoms with van der Waals surface area (Å²) >= 11 is 0. The van der Waals surface area contributed by atoms with Crippen molar-refractivity contribution < 1.29 is 29.0 Å². The van der Waals surface area contributed by atoms with E-state index in [4.69, 9.17) is 15.6 Å². The van der Waals surface area contributed by atoms with E-state index in [-0.39, 0.29) is 25.7 Å². The van der Waals surface area contributed by atoms with Gasteiger partial charge in [0.15, 0.2) is 6.04 Å². The minimum atomic E-state index is -1.50. The topological polar surface area (TPSA) is 119 Å². The summed E-state index contributed by atoms with van der Waals surface area (Å²) in [6.45, 7) is 1.79. The first-order chi connectivity index (χ1) is 8.92. The lowest BCUT2D eigenvalue weighted by Gasteiger charge is -2.23. The monoisotopic (exact) mass is 274 g/mol. The van der Waals surface area contributed by atoms with Gasteiger partial charge in [-0.05, 0) is 6.92 Å². The molecule has 1 rings (SSSR count). The second-order valence-corrected chi connectivity index (χ2v) is 4.17. The zero-order chi connectivity index (χ0) is 14.6. The molecule has 0 aliphatic carbocycles. The third kappa shape index (κ3) is 3.42. The summed E-state index contributed by atoms with van der Waals surface area (Å²) in [5.41, 5.74) is 5.48. The summed E-state index contributed by atoms with van der Waals surface area (Å²) in [7, 11) is 1.43. The van der Waals surface area contributed by atoms with Gasteiger partial charge < -0.3 is 25.2 Å². The Kier molecular flexibility index (Phi) is 5.25. The van der Waals surface area contributed by atoms with Crippen molar-refractivity contribution in [2.45, 2.75) is 31.5 Å². The molecule has 0 radical (unpaired) electrons. The standard InChI is InChI=1S/C11H18N2O6/c1-3-19-11(17)8(12)9(14)13-5-6(18-2)4-7(13)10(15)16/h6-8H,3-5,12H2,1-2H3,(H,15,16). The van der Waals surface area contributed by atoms with Gasteiger partial charge in [-0.25, -0.2) is 9.59 Å². The van der Waals surface area contributed by atoms with Gasteiger partial charge in [-0.3, -0.25) is 4.79 Å². The lowest BCUT2D eigenvalue weighted by molar-refractivity contribution is -0.155. The maximum Gasteiger partial charge on any atom is 0.332 e. The third-order valence-corrected chi connectivity index (χ3v) is 2.97. The number of carbonyl (C=O) groups is 3. The van der Waals surface area contributed by atoms with E-state index in [9.17, 15) is 14.4 Å². The summed E-state index contributed by atoms with van der Waals surface area (Å²) in [5.74, 6) is -2.77. The van der Waals surface area contributed by atoms with Crippen LogP contribution in [0.4, 0.5) is 0 Å². The maximum atomic E-state index is 12.0. The molecule has 0 aromatic heterocycles. The molecule has 0 spiro atoms. The molecule has 3 unspecified atom stereocenters. The van der Waals surface area contributed by atoms with Crippen molar-refractivity contribution in [1.29, 1.82) is 0 Å². The predicted octanol–water partition coefficient (Wildman–Crippen LogP) is -1.42. The minimum absolute atomic E-state index is 0.0966. The minimum Gasteiger partial charge on any atom is -0.480 e. The Balaban J connectivity index is 2.78. The molecule has 1 saturated heterocycles. The Morgan fingerprint density at radius 2 is 2.11 bits per heavy atom. The van der Waals surface area contributed by atoms with Crippen molar-refractivity contribution in [3.63, 3.8) is 0 Å². The Morgan fingerprint density at radius 3 is 2.58 bits per heavy atom. The molecule has 1 aliphatic heterocycles. The van der Waals surface area contributed by atoms with E-state index in [0.717, 1.165) is 4.90 Å². The van der Waals surface area contributed by atoms with Crippen LogP contribution in [0, 0.1) is 0 Å². The summed E-state index contributed by atoms with van der Waals surface area (Å²) in [6.07, 6.45) is -0.202. The van der Waals surface area contributed by atoms with Crippen molar-refractivity contribution in [1.82, 2.24) is 4.90 Å². The normalized spacial score (nSPS) is 24.1. The molecule has 0 bridgehead atoms. The molecular weight excluding hydrogens is 256 g/mol. The van der Waals surface area contributed by atoms with Gasteiger partial charge in [-0.2, -0.15) is 0 Å². The van der Waals surface area contributed by atoms with Gasteiger partial charge in [-0.1, -0.05) is 0 Å². The largest absolute Gasteiger partial charge is 0.480 e. The molecule has 8 heteroatoms. The molecule has 1 aliphatic rings. The van der Waals surface area contributed by atoms with Crippen molar-refractivity contribution in [2.75, 3.05) is 20.3 Å². The number of nitrogens with two attached hydrogens (primary N) is 1. The van der Waals surface area contributed by atoms with Crippen LogP contribution >= 0.6 is 0 Å². The van der Waals surface area contributed by atoms with E-state index >= 15 is 0 Å². The Hall–Kier alpha value is -1.67. The molecule has 3 atom stereocenters. The second-order valence-electron chi connectivity index (χ2n) is 4.17. The lowest BCUT2D eigenvalue weighted by Crippen LogP contribution is -2.52. The highest BCUT2D eigenvalue weighted by molar-refractivity contribution is 6.03. The van der Waals surface area contributed by atoms with Gasteiger partial charge in [0.25, 0.3) is 5.91 Å². The number of rotatable bonds is 5. The number of carboxylic acid groups (broad SMARTS) is 1. The van der Waals surface area contributed by atoms with E-state index in [0.29, 0.717) is 0 Å². The zero-order valence-corrected chi connectivity index (χ0v) is 10.9. The van der Waals surface area contributed by atoms with Crippen molar-refractivity contribution in [3.05, 3.63) is 0 Å². The molecule has 19 heavy (non-hydrogen) atoms. The van der Waals surface area contributed by atoms with Crippen molar-refractivity contribution in [3.8, 4) is 0 Å². The summed E-state index contributed by atoms with van der Waals surface area (Å²) in [6, 6.07) is -2.53. The SMILES string of the molecule is CCOC(=O)C(N)C(=O)N1CC(OC)CC1C(=O)O. The number of aliphatic carboxylic acids is 1. The summed E-state index contributed by atoms with van der Waals surface area (Å²) < 4.78 is 9.69. The smallest absolute Gasteiger partial charge is 0.332 e. The first-order valence-corrected chi connectivity index (χ1v) is 5.90. The van der Waals surface area contributed by atoms with Crippen LogP contribution in [0.5, 0.6) is 0 Å². The van der Waals surface area contributed by atoms with Crippen LogP contribution in [0.15, 0.2) is 0 Å². The highest BCUT2D eigenvalue weighted by Crippen LogP contribution is 2.21. The fourth-order valence-corrected chi connectivity index (χ4v) is 1.96. The average Bonchev–Trinajstić information content (AvgIpc) is 2.81. The van der Waals surface area contributed by atoms with Gasteiger partial charge in [-0.15, -0.1) is 0 Å². The van der Waals surface area contributed by atoms with E-state index in [1.807, 2.05) is 0 Å². The van der Waals surface area contributed by atoms with Gasteiger partial charge in [0.05, 0.1) is 12.7 Å². The first kappa shape index (κ1) is 15.4. The third-order valence-electron chi connectivity index (χ3n) is 2.97. The molecule has 3 N–H and O–H groups in total. The Labute approximate surface area is 110 Å². The Bertz CT molecular complexity index is 372. The van der Waals surface area contributed by atoms with E-state index in [2.05, 4.69) is 4.74 Å². The number of ether oxygens (including phenoxy) is 2. The highest BCUT2D eigenvalue weighted by Gasteiger charge is 2.42. The van der Waals surface area contributed by atoms with Crippen LogP contribution in [-0.2, 0) is 23.9 Å². The molecule has 8 nitrogen and oxygen atoms in total. The molecular formula is C11H18N2O6. The van der Waals surface area contributed by atoms with E-state index in [1.165, 1.54) is 7.11 Å². The van der Waals surface area contributed by atoms with Crippen LogP contribution in [0.1, 0.15) is 13.3 Å². The zero-order valence-electron chi connectivity index (χ0n) is 10.9. The highest BCUT2D eigenvalue weighted by atomic mass is 16.5. The van der Waals surface area contributed by atoms with E-state index in [1.54, 1.807) is 6.92 Å². The maximum absolute atomic E-state index is 12.0. The molecule has 1 heterocycles. The van der Waals surface area contributed by atoms with Gasteiger partial charge >= 0.3 is 11.9 Å². The second kappa shape index (κ2) is 6.48. The number of hydrogen-bond acceptors (Lipinski definition) is 6. The van der Waals surface area contributed by atoms with Gasteiger partial charge in [0.2, 0.25) is 0 Å². The fourth-order valence-electron chi connectivity index (χ4n) is 1.96. The summed E-state index contributed by atoms with van der Waals surface area (Å²) in [4.78, 5) is 35.6. The molecule has 108 valence electrons. The average molecular weight is 274 g/mol. The number of hydrogen-bond donors (Lipinski definition) is 2. The molecule has 0 aromatic rings. The number of methoxy groups -OCH3 is 1.